The van der Waals surface area contributed by atoms with Crippen LogP contribution in [-0.4, -0.2) is 0 Å². The highest BCUT2D eigenvalue weighted by molar-refractivity contribution is 7.16. The summed E-state index contributed by atoms with van der Waals surface area (Å²) >= 11 is 1.67. The van der Waals surface area contributed by atoms with Gasteiger partial charge in [-0.25, -0.2) is 0 Å². The fraction of sp³-hybridized carbons (Fsp3) is 0.308. The van der Waals surface area contributed by atoms with Gasteiger partial charge in [-0.2, -0.15) is 0 Å². The summed E-state index contributed by atoms with van der Waals surface area (Å²) in [4.78, 5) is 12.0. The molecule has 0 aliphatic carbocycles. The van der Waals surface area contributed by atoms with Crippen LogP contribution < -0.4 is 5.43 Å². The third-order valence-electron chi connectivity index (χ3n) is 2.70. The van der Waals surface area contributed by atoms with Crippen LogP contribution in [0.15, 0.2) is 28.4 Å². The van der Waals surface area contributed by atoms with E-state index in [0.29, 0.717) is 0 Å². The van der Waals surface area contributed by atoms with Crippen molar-refractivity contribution in [2.45, 2.75) is 26.7 Å². The minimum atomic E-state index is 0.203. The van der Waals surface area contributed by atoms with Crippen molar-refractivity contribution >= 4 is 21.4 Å². The molecule has 0 aliphatic heterocycles. The SMILES string of the molecule is CCc1ccc2c(=O)c(CC)csc2c1. The number of benzene rings is 1. The Bertz CT molecular complexity index is 540. The monoisotopic (exact) mass is 218 g/mol. The number of hydrogen-bond acceptors (Lipinski definition) is 2. The molecule has 0 bridgehead atoms. The average molecular weight is 218 g/mol. The minimum absolute atomic E-state index is 0.203. The van der Waals surface area contributed by atoms with Crippen molar-refractivity contribution in [3.05, 3.63) is 44.9 Å². The quantitative estimate of drug-likeness (QED) is 0.755. The summed E-state index contributed by atoms with van der Waals surface area (Å²) in [5, 5.41) is 2.86. The van der Waals surface area contributed by atoms with Gasteiger partial charge in [-0.15, -0.1) is 11.3 Å². The van der Waals surface area contributed by atoms with Crippen LogP contribution in [0.4, 0.5) is 0 Å². The van der Waals surface area contributed by atoms with E-state index >= 15 is 0 Å². The van der Waals surface area contributed by atoms with Crippen LogP contribution >= 0.6 is 11.3 Å². The van der Waals surface area contributed by atoms with Gasteiger partial charge < -0.3 is 0 Å². The Morgan fingerprint density at radius 3 is 2.67 bits per heavy atom. The molecule has 0 saturated carbocycles. The van der Waals surface area contributed by atoms with Crippen LogP contribution in [-0.2, 0) is 12.8 Å². The molecule has 0 aliphatic rings. The maximum Gasteiger partial charge on any atom is 0.191 e. The van der Waals surface area contributed by atoms with E-state index in [1.807, 2.05) is 18.4 Å². The molecule has 0 amide bonds. The summed E-state index contributed by atoms with van der Waals surface area (Å²) in [5.74, 6) is 0. The zero-order valence-corrected chi connectivity index (χ0v) is 9.86. The first kappa shape index (κ1) is 10.4. The Morgan fingerprint density at radius 2 is 2.00 bits per heavy atom. The molecular formula is C13H14OS. The Balaban J connectivity index is 2.74. The predicted molar refractivity (Wildman–Crippen MR) is 66.9 cm³/mol. The highest BCUT2D eigenvalue weighted by Gasteiger charge is 2.03. The fourth-order valence-electron chi connectivity index (χ4n) is 1.68. The molecular weight excluding hydrogens is 204 g/mol. The molecule has 0 radical (unpaired) electrons. The molecule has 2 heteroatoms. The lowest BCUT2D eigenvalue weighted by atomic mass is 10.1. The molecule has 2 rings (SSSR count). The van der Waals surface area contributed by atoms with E-state index in [2.05, 4.69) is 19.1 Å². The second kappa shape index (κ2) is 4.15. The van der Waals surface area contributed by atoms with Crippen molar-refractivity contribution in [1.82, 2.24) is 0 Å². The van der Waals surface area contributed by atoms with E-state index in [1.165, 1.54) is 5.56 Å². The number of fused-ring (bicyclic) bond motifs is 1. The first-order valence-corrected chi connectivity index (χ1v) is 6.17. The summed E-state index contributed by atoms with van der Waals surface area (Å²) in [6.45, 7) is 4.15. The lowest BCUT2D eigenvalue weighted by Gasteiger charge is -2.01. The minimum Gasteiger partial charge on any atom is -0.289 e. The predicted octanol–water partition coefficient (Wildman–Crippen LogP) is 3.39. The van der Waals surface area contributed by atoms with E-state index in [1.54, 1.807) is 11.3 Å². The highest BCUT2D eigenvalue weighted by Crippen LogP contribution is 2.19. The first-order chi connectivity index (χ1) is 7.26. The molecule has 1 aromatic heterocycles. The molecule has 78 valence electrons. The van der Waals surface area contributed by atoms with Crippen LogP contribution in [0, 0.1) is 0 Å². The summed E-state index contributed by atoms with van der Waals surface area (Å²) < 4.78 is 1.11. The van der Waals surface area contributed by atoms with Gasteiger partial charge in [0.1, 0.15) is 0 Å². The van der Waals surface area contributed by atoms with Crippen LogP contribution in [0.3, 0.4) is 0 Å². The molecule has 0 saturated heterocycles. The van der Waals surface area contributed by atoms with Crippen molar-refractivity contribution in [2.75, 3.05) is 0 Å². The lowest BCUT2D eigenvalue weighted by molar-refractivity contribution is 1.13. The van der Waals surface area contributed by atoms with Crippen LogP contribution in [0.25, 0.3) is 10.1 Å². The van der Waals surface area contributed by atoms with Gasteiger partial charge in [-0.1, -0.05) is 19.9 Å². The molecule has 2 aromatic rings. The van der Waals surface area contributed by atoms with Crippen LogP contribution in [0.1, 0.15) is 25.0 Å². The van der Waals surface area contributed by atoms with Gasteiger partial charge >= 0.3 is 0 Å². The second-order valence-corrected chi connectivity index (χ2v) is 4.54. The molecule has 0 unspecified atom stereocenters. The molecule has 1 heterocycles. The number of rotatable bonds is 2. The zero-order chi connectivity index (χ0) is 10.8. The molecule has 0 atom stereocenters. The molecule has 0 N–H and O–H groups in total. The van der Waals surface area contributed by atoms with Crippen molar-refractivity contribution in [1.29, 1.82) is 0 Å². The summed E-state index contributed by atoms with van der Waals surface area (Å²) in [6, 6.07) is 6.14. The van der Waals surface area contributed by atoms with E-state index in [9.17, 15) is 4.79 Å². The molecule has 1 nitrogen and oxygen atoms in total. The normalized spacial score (nSPS) is 10.8. The lowest BCUT2D eigenvalue weighted by Crippen LogP contribution is -2.06. The van der Waals surface area contributed by atoms with Gasteiger partial charge in [0.05, 0.1) is 0 Å². The maximum absolute atomic E-state index is 12.0. The zero-order valence-electron chi connectivity index (χ0n) is 9.04. The van der Waals surface area contributed by atoms with E-state index in [-0.39, 0.29) is 5.43 Å². The van der Waals surface area contributed by atoms with Gasteiger partial charge in [0.25, 0.3) is 0 Å². The Hall–Kier alpha value is -1.15. The third kappa shape index (κ3) is 1.82. The Kier molecular flexibility index (Phi) is 2.87. The van der Waals surface area contributed by atoms with E-state index in [4.69, 9.17) is 0 Å². The largest absolute Gasteiger partial charge is 0.289 e. The van der Waals surface area contributed by atoms with Crippen LogP contribution in [0.2, 0.25) is 0 Å². The Morgan fingerprint density at radius 1 is 1.20 bits per heavy atom. The number of hydrogen-bond donors (Lipinski definition) is 0. The van der Waals surface area contributed by atoms with E-state index < -0.39 is 0 Å². The van der Waals surface area contributed by atoms with Gasteiger partial charge in [-0.3, -0.25) is 4.79 Å². The number of aryl methyl sites for hydroxylation is 2. The second-order valence-electron chi connectivity index (χ2n) is 3.63. The Labute approximate surface area is 93.4 Å². The molecule has 0 spiro atoms. The van der Waals surface area contributed by atoms with Gasteiger partial charge in [0, 0.05) is 15.6 Å². The maximum atomic E-state index is 12.0. The van der Waals surface area contributed by atoms with Gasteiger partial charge in [-0.05, 0) is 35.9 Å². The highest BCUT2D eigenvalue weighted by atomic mass is 32.1. The average Bonchev–Trinajstić information content (AvgIpc) is 2.29. The van der Waals surface area contributed by atoms with Crippen molar-refractivity contribution < 1.29 is 0 Å². The first-order valence-electron chi connectivity index (χ1n) is 5.29. The summed E-state index contributed by atoms with van der Waals surface area (Å²) in [6.07, 6.45) is 1.84. The van der Waals surface area contributed by atoms with Gasteiger partial charge in [0.15, 0.2) is 5.43 Å². The third-order valence-corrected chi connectivity index (χ3v) is 3.69. The summed E-state index contributed by atoms with van der Waals surface area (Å²) in [5.41, 5.74) is 2.42. The smallest absolute Gasteiger partial charge is 0.191 e. The van der Waals surface area contributed by atoms with Crippen molar-refractivity contribution in [3.8, 4) is 0 Å². The molecule has 1 aromatic carbocycles. The van der Waals surface area contributed by atoms with Crippen molar-refractivity contribution in [3.63, 3.8) is 0 Å². The topological polar surface area (TPSA) is 17.1 Å². The van der Waals surface area contributed by atoms with Crippen molar-refractivity contribution in [2.24, 2.45) is 0 Å². The van der Waals surface area contributed by atoms with E-state index in [0.717, 1.165) is 28.5 Å². The summed E-state index contributed by atoms with van der Waals surface area (Å²) in [7, 11) is 0. The molecule has 15 heavy (non-hydrogen) atoms. The van der Waals surface area contributed by atoms with Gasteiger partial charge in [0.2, 0.25) is 0 Å². The molecule has 0 fully saturated rings. The fourth-order valence-corrected chi connectivity index (χ4v) is 2.73. The van der Waals surface area contributed by atoms with Crippen LogP contribution in [0.5, 0.6) is 0 Å². The standard InChI is InChI=1S/C13H14OS/c1-3-9-5-6-11-12(7-9)15-8-10(4-2)13(11)14/h5-8H,3-4H2,1-2H3.